The van der Waals surface area contributed by atoms with E-state index >= 15 is 0 Å². The summed E-state index contributed by atoms with van der Waals surface area (Å²) < 4.78 is 5.81. The Morgan fingerprint density at radius 2 is 1.65 bits per heavy atom. The number of aryl methyl sites for hydroxylation is 2. The number of nitrogens with zero attached hydrogens (tertiary/aromatic N) is 1. The maximum Gasteiger partial charge on any atom is 0.229 e. The van der Waals surface area contributed by atoms with Gasteiger partial charge in [0.1, 0.15) is 11.5 Å². The lowest BCUT2D eigenvalue weighted by Gasteiger charge is -2.17. The lowest BCUT2D eigenvalue weighted by molar-refractivity contribution is -0.122. The van der Waals surface area contributed by atoms with Crippen molar-refractivity contribution in [2.75, 3.05) is 16.8 Å². The minimum Gasteiger partial charge on any atom is -0.457 e. The Balaban J connectivity index is 1.37. The van der Waals surface area contributed by atoms with E-state index in [1.165, 1.54) is 5.56 Å². The third kappa shape index (κ3) is 4.89. The van der Waals surface area contributed by atoms with Gasteiger partial charge in [-0.2, -0.15) is 0 Å². The first-order valence-corrected chi connectivity index (χ1v) is 10.5. The second-order valence-electron chi connectivity index (χ2n) is 7.77. The van der Waals surface area contributed by atoms with Crippen LogP contribution in [0.4, 0.5) is 11.4 Å². The van der Waals surface area contributed by atoms with Crippen molar-refractivity contribution in [1.29, 1.82) is 0 Å². The van der Waals surface area contributed by atoms with E-state index in [1.54, 1.807) is 35.2 Å². The fourth-order valence-corrected chi connectivity index (χ4v) is 3.65. The Kier molecular flexibility index (Phi) is 5.96. The van der Waals surface area contributed by atoms with E-state index in [-0.39, 0.29) is 18.2 Å². The van der Waals surface area contributed by atoms with Crippen LogP contribution in [-0.4, -0.2) is 18.4 Å². The molecule has 0 aliphatic carbocycles. The van der Waals surface area contributed by atoms with Gasteiger partial charge in [0.05, 0.1) is 5.92 Å². The topological polar surface area (TPSA) is 58.6 Å². The van der Waals surface area contributed by atoms with E-state index in [4.69, 9.17) is 16.3 Å². The number of carbonyl (C=O) groups excluding carboxylic acids is 2. The zero-order chi connectivity index (χ0) is 22.0. The van der Waals surface area contributed by atoms with Gasteiger partial charge in [-0.15, -0.1) is 0 Å². The molecule has 1 aliphatic heterocycles. The first-order valence-electron chi connectivity index (χ1n) is 10.1. The molecule has 0 radical (unpaired) electrons. The number of carbonyl (C=O) groups is 2. The smallest absolute Gasteiger partial charge is 0.229 e. The lowest BCUT2D eigenvalue weighted by Crippen LogP contribution is -2.28. The van der Waals surface area contributed by atoms with E-state index in [0.29, 0.717) is 28.7 Å². The fourth-order valence-electron chi connectivity index (χ4n) is 3.48. The highest BCUT2D eigenvalue weighted by atomic mass is 35.5. The zero-order valence-corrected chi connectivity index (χ0v) is 18.1. The molecule has 1 heterocycles. The van der Waals surface area contributed by atoms with Crippen molar-refractivity contribution >= 4 is 34.8 Å². The quantitative estimate of drug-likeness (QED) is 0.557. The standard InChI is InChI=1S/C25H23ClN2O3/c1-16-3-9-21(10-4-16)31-22-11-6-19(7-12-22)27-25(30)18-13-24(29)28(15-18)20-8-5-17(2)23(26)14-20/h3-12,14,18H,13,15H2,1-2H3,(H,27,30)/t18-/m1/s1. The normalized spacial score (nSPS) is 15.8. The molecule has 0 aromatic heterocycles. The average Bonchev–Trinajstić information content (AvgIpc) is 3.15. The molecule has 1 aliphatic rings. The van der Waals surface area contributed by atoms with Gasteiger partial charge in [0.15, 0.2) is 0 Å². The molecule has 0 bridgehead atoms. The van der Waals surface area contributed by atoms with Gasteiger partial charge in [-0.3, -0.25) is 9.59 Å². The number of anilines is 2. The summed E-state index contributed by atoms with van der Waals surface area (Å²) in [5, 5.41) is 3.50. The molecule has 0 spiro atoms. The van der Waals surface area contributed by atoms with Gasteiger partial charge in [0, 0.05) is 29.4 Å². The SMILES string of the molecule is Cc1ccc(Oc2ccc(NC(=O)[C@@H]3CC(=O)N(c4ccc(C)c(Cl)c4)C3)cc2)cc1. The van der Waals surface area contributed by atoms with E-state index < -0.39 is 5.92 Å². The molecule has 3 aromatic carbocycles. The summed E-state index contributed by atoms with van der Waals surface area (Å²) in [6.45, 7) is 4.26. The highest BCUT2D eigenvalue weighted by molar-refractivity contribution is 6.31. The number of hydrogen-bond acceptors (Lipinski definition) is 3. The molecule has 158 valence electrons. The van der Waals surface area contributed by atoms with Crippen LogP contribution in [0, 0.1) is 19.8 Å². The molecular weight excluding hydrogens is 412 g/mol. The highest BCUT2D eigenvalue weighted by Crippen LogP contribution is 2.30. The van der Waals surface area contributed by atoms with Crippen LogP contribution >= 0.6 is 11.6 Å². The molecular formula is C25H23ClN2O3. The summed E-state index contributed by atoms with van der Waals surface area (Å²) in [7, 11) is 0. The lowest BCUT2D eigenvalue weighted by atomic mass is 10.1. The van der Waals surface area contributed by atoms with Crippen LogP contribution in [-0.2, 0) is 9.59 Å². The summed E-state index contributed by atoms with van der Waals surface area (Å²) >= 11 is 6.19. The molecule has 1 atom stereocenters. The molecule has 0 saturated carbocycles. The number of halogens is 1. The highest BCUT2D eigenvalue weighted by Gasteiger charge is 2.35. The van der Waals surface area contributed by atoms with E-state index in [2.05, 4.69) is 5.32 Å². The number of amides is 2. The molecule has 3 aromatic rings. The average molecular weight is 435 g/mol. The van der Waals surface area contributed by atoms with Crippen LogP contribution < -0.4 is 15.0 Å². The van der Waals surface area contributed by atoms with Gasteiger partial charge >= 0.3 is 0 Å². The van der Waals surface area contributed by atoms with Crippen molar-refractivity contribution in [3.05, 3.63) is 82.9 Å². The number of rotatable bonds is 5. The van der Waals surface area contributed by atoms with Crippen molar-refractivity contribution < 1.29 is 14.3 Å². The summed E-state index contributed by atoms with van der Waals surface area (Å²) in [5.74, 6) is 0.753. The predicted molar refractivity (Wildman–Crippen MR) is 123 cm³/mol. The largest absolute Gasteiger partial charge is 0.457 e. The molecule has 1 fully saturated rings. The number of nitrogens with one attached hydrogen (secondary N) is 1. The first-order chi connectivity index (χ1) is 14.9. The minimum atomic E-state index is -0.420. The van der Waals surface area contributed by atoms with Gasteiger partial charge in [0.25, 0.3) is 0 Å². The first kappa shape index (κ1) is 20.9. The summed E-state index contributed by atoms with van der Waals surface area (Å²) in [5.41, 5.74) is 3.49. The van der Waals surface area contributed by atoms with Gasteiger partial charge in [-0.05, 0) is 67.9 Å². The van der Waals surface area contributed by atoms with Crippen molar-refractivity contribution in [3.63, 3.8) is 0 Å². The van der Waals surface area contributed by atoms with Gasteiger partial charge < -0.3 is 15.0 Å². The molecule has 6 heteroatoms. The number of hydrogen-bond donors (Lipinski definition) is 1. The van der Waals surface area contributed by atoms with Gasteiger partial charge in [0.2, 0.25) is 11.8 Å². The van der Waals surface area contributed by atoms with Crippen LogP contribution in [0.2, 0.25) is 5.02 Å². The van der Waals surface area contributed by atoms with E-state index in [9.17, 15) is 9.59 Å². The van der Waals surface area contributed by atoms with Crippen molar-refractivity contribution in [1.82, 2.24) is 0 Å². The Hall–Kier alpha value is -3.31. The molecule has 1 N–H and O–H groups in total. The Morgan fingerprint density at radius 1 is 1.00 bits per heavy atom. The molecule has 1 saturated heterocycles. The Bertz CT molecular complexity index is 1110. The molecule has 4 rings (SSSR count). The van der Waals surface area contributed by atoms with Gasteiger partial charge in [-0.1, -0.05) is 35.4 Å². The van der Waals surface area contributed by atoms with Crippen LogP contribution in [0.1, 0.15) is 17.5 Å². The van der Waals surface area contributed by atoms with Gasteiger partial charge in [-0.25, -0.2) is 0 Å². The third-order valence-electron chi connectivity index (χ3n) is 5.34. The maximum atomic E-state index is 12.7. The maximum absolute atomic E-state index is 12.7. The van der Waals surface area contributed by atoms with Crippen molar-refractivity contribution in [2.24, 2.45) is 5.92 Å². The fraction of sp³-hybridized carbons (Fsp3) is 0.200. The minimum absolute atomic E-state index is 0.0816. The molecule has 5 nitrogen and oxygen atoms in total. The van der Waals surface area contributed by atoms with E-state index in [1.807, 2.05) is 50.2 Å². The van der Waals surface area contributed by atoms with Crippen LogP contribution in [0.25, 0.3) is 0 Å². The predicted octanol–water partition coefficient (Wildman–Crippen LogP) is 5.74. The Morgan fingerprint density at radius 3 is 2.29 bits per heavy atom. The summed E-state index contributed by atoms with van der Waals surface area (Å²) in [6, 6.07) is 20.5. The zero-order valence-electron chi connectivity index (χ0n) is 17.4. The van der Waals surface area contributed by atoms with Crippen LogP contribution in [0.3, 0.4) is 0 Å². The molecule has 31 heavy (non-hydrogen) atoms. The second kappa shape index (κ2) is 8.82. The molecule has 2 amide bonds. The monoisotopic (exact) mass is 434 g/mol. The second-order valence-corrected chi connectivity index (χ2v) is 8.17. The van der Waals surface area contributed by atoms with Crippen LogP contribution in [0.15, 0.2) is 66.7 Å². The van der Waals surface area contributed by atoms with E-state index in [0.717, 1.165) is 11.3 Å². The summed E-state index contributed by atoms with van der Waals surface area (Å²) in [6.07, 6.45) is 0.173. The Labute approximate surface area is 186 Å². The van der Waals surface area contributed by atoms with Crippen molar-refractivity contribution in [2.45, 2.75) is 20.3 Å². The number of ether oxygens (including phenoxy) is 1. The number of benzene rings is 3. The summed E-state index contributed by atoms with van der Waals surface area (Å²) in [4.78, 5) is 26.8. The van der Waals surface area contributed by atoms with Crippen LogP contribution in [0.5, 0.6) is 11.5 Å². The third-order valence-corrected chi connectivity index (χ3v) is 5.75. The molecule has 0 unspecified atom stereocenters. The van der Waals surface area contributed by atoms with Crippen molar-refractivity contribution in [3.8, 4) is 11.5 Å².